The molecule has 16 heavy (non-hydrogen) atoms. The summed E-state index contributed by atoms with van der Waals surface area (Å²) in [6.45, 7) is 0. The van der Waals surface area contributed by atoms with E-state index in [1.54, 1.807) is 13.1 Å². The van der Waals surface area contributed by atoms with Crippen LogP contribution in [0.25, 0.3) is 11.4 Å². The fourth-order valence-electron chi connectivity index (χ4n) is 1.45. The molecule has 1 aromatic heterocycles. The lowest BCUT2D eigenvalue weighted by atomic mass is 10.2. The number of nitrogens with one attached hydrogen (secondary N) is 1. The highest BCUT2D eigenvalue weighted by Crippen LogP contribution is 2.25. The van der Waals surface area contributed by atoms with E-state index in [1.165, 1.54) is 12.1 Å². The maximum Gasteiger partial charge on any atom is 0.224 e. The molecule has 0 unspecified atom stereocenters. The predicted molar refractivity (Wildman–Crippen MR) is 68.7 cm³/mol. The average Bonchev–Trinajstić information content (AvgIpc) is 2.60. The van der Waals surface area contributed by atoms with Crippen LogP contribution in [0, 0.1) is 9.39 Å². The SMILES string of the molecule is CNc1nnc(-c2ccc(F)cc2I)n1C. The molecule has 0 radical (unpaired) electrons. The molecule has 0 saturated carbocycles. The summed E-state index contributed by atoms with van der Waals surface area (Å²) in [5.74, 6) is 1.15. The van der Waals surface area contributed by atoms with E-state index in [4.69, 9.17) is 0 Å². The first kappa shape index (κ1) is 11.3. The second kappa shape index (κ2) is 4.36. The third-order valence-electron chi connectivity index (χ3n) is 2.27. The van der Waals surface area contributed by atoms with Gasteiger partial charge in [0.05, 0.1) is 0 Å². The Hall–Kier alpha value is -1.18. The Bertz CT molecular complexity index is 524. The molecule has 1 N–H and O–H groups in total. The van der Waals surface area contributed by atoms with Gasteiger partial charge in [0.1, 0.15) is 5.82 Å². The van der Waals surface area contributed by atoms with Gasteiger partial charge in [-0.1, -0.05) is 0 Å². The second-order valence-electron chi connectivity index (χ2n) is 3.28. The third kappa shape index (κ3) is 1.89. The molecule has 0 saturated heterocycles. The second-order valence-corrected chi connectivity index (χ2v) is 4.44. The zero-order valence-electron chi connectivity index (χ0n) is 8.83. The Morgan fingerprint density at radius 2 is 2.12 bits per heavy atom. The van der Waals surface area contributed by atoms with E-state index in [9.17, 15) is 4.39 Å². The summed E-state index contributed by atoms with van der Waals surface area (Å²) in [7, 11) is 3.64. The predicted octanol–water partition coefficient (Wildman–Crippen LogP) is 2.27. The highest BCUT2D eigenvalue weighted by atomic mass is 127. The van der Waals surface area contributed by atoms with Crippen molar-refractivity contribution in [3.8, 4) is 11.4 Å². The molecule has 2 rings (SSSR count). The molecule has 0 aliphatic rings. The molecule has 1 heterocycles. The first-order valence-corrected chi connectivity index (χ1v) is 5.74. The number of aromatic nitrogens is 3. The van der Waals surface area contributed by atoms with E-state index in [-0.39, 0.29) is 5.82 Å². The van der Waals surface area contributed by atoms with Crippen LogP contribution in [0.4, 0.5) is 10.3 Å². The van der Waals surface area contributed by atoms with Crippen LogP contribution in [0.5, 0.6) is 0 Å². The van der Waals surface area contributed by atoms with Crippen molar-refractivity contribution >= 4 is 28.5 Å². The van der Waals surface area contributed by atoms with E-state index in [0.717, 1.165) is 9.13 Å². The van der Waals surface area contributed by atoms with Gasteiger partial charge in [0.2, 0.25) is 5.95 Å². The van der Waals surface area contributed by atoms with Gasteiger partial charge in [0.15, 0.2) is 5.82 Å². The molecule has 0 spiro atoms. The smallest absolute Gasteiger partial charge is 0.224 e. The lowest BCUT2D eigenvalue weighted by Gasteiger charge is -2.05. The quantitative estimate of drug-likeness (QED) is 0.858. The molecule has 0 amide bonds. The van der Waals surface area contributed by atoms with Crippen molar-refractivity contribution in [2.45, 2.75) is 0 Å². The Balaban J connectivity index is 2.54. The fraction of sp³-hybridized carbons (Fsp3) is 0.200. The van der Waals surface area contributed by atoms with Crippen LogP contribution >= 0.6 is 22.6 Å². The van der Waals surface area contributed by atoms with Crippen LogP contribution in [-0.4, -0.2) is 21.8 Å². The summed E-state index contributed by atoms with van der Waals surface area (Å²) < 4.78 is 15.6. The zero-order chi connectivity index (χ0) is 11.7. The third-order valence-corrected chi connectivity index (χ3v) is 3.16. The number of nitrogens with zero attached hydrogens (tertiary/aromatic N) is 3. The molecule has 6 heteroatoms. The molecule has 2 aromatic rings. The topological polar surface area (TPSA) is 42.7 Å². The highest BCUT2D eigenvalue weighted by molar-refractivity contribution is 14.1. The van der Waals surface area contributed by atoms with Gasteiger partial charge in [-0.25, -0.2) is 4.39 Å². The Morgan fingerprint density at radius 1 is 1.38 bits per heavy atom. The summed E-state index contributed by atoms with van der Waals surface area (Å²) in [4.78, 5) is 0. The number of hydrogen-bond acceptors (Lipinski definition) is 3. The Kier molecular flexibility index (Phi) is 3.08. The van der Waals surface area contributed by atoms with E-state index < -0.39 is 0 Å². The molecule has 0 aliphatic heterocycles. The summed E-state index contributed by atoms with van der Waals surface area (Å²) in [6, 6.07) is 4.61. The number of hydrogen-bond donors (Lipinski definition) is 1. The van der Waals surface area contributed by atoms with Gasteiger partial charge in [-0.05, 0) is 40.8 Å². The van der Waals surface area contributed by atoms with Crippen LogP contribution in [0.15, 0.2) is 18.2 Å². The lowest BCUT2D eigenvalue weighted by molar-refractivity contribution is 0.627. The van der Waals surface area contributed by atoms with Gasteiger partial charge in [0, 0.05) is 23.2 Å². The molecule has 0 aliphatic carbocycles. The molecule has 4 nitrogen and oxygen atoms in total. The van der Waals surface area contributed by atoms with Crippen molar-refractivity contribution < 1.29 is 4.39 Å². The van der Waals surface area contributed by atoms with Crippen molar-refractivity contribution in [1.29, 1.82) is 0 Å². The molecular weight excluding hydrogens is 322 g/mol. The first-order chi connectivity index (χ1) is 7.63. The molecule has 1 aromatic carbocycles. The van der Waals surface area contributed by atoms with Gasteiger partial charge in [0.25, 0.3) is 0 Å². The van der Waals surface area contributed by atoms with E-state index >= 15 is 0 Å². The molecule has 84 valence electrons. The van der Waals surface area contributed by atoms with Crippen molar-refractivity contribution in [2.24, 2.45) is 7.05 Å². The maximum absolute atomic E-state index is 13.0. The Labute approximate surface area is 106 Å². The van der Waals surface area contributed by atoms with E-state index in [1.807, 2.05) is 11.6 Å². The van der Waals surface area contributed by atoms with Crippen molar-refractivity contribution in [3.63, 3.8) is 0 Å². The largest absolute Gasteiger partial charge is 0.357 e. The minimum atomic E-state index is -0.246. The van der Waals surface area contributed by atoms with Crippen LogP contribution in [0.3, 0.4) is 0 Å². The van der Waals surface area contributed by atoms with Crippen LogP contribution in [0.2, 0.25) is 0 Å². The normalized spacial score (nSPS) is 10.5. The fourth-order valence-corrected chi connectivity index (χ4v) is 2.17. The molecule has 0 atom stereocenters. The number of benzene rings is 1. The minimum Gasteiger partial charge on any atom is -0.357 e. The molecular formula is C10H10FIN4. The van der Waals surface area contributed by atoms with Crippen molar-refractivity contribution in [3.05, 3.63) is 27.6 Å². The summed E-state index contributed by atoms with van der Waals surface area (Å²) >= 11 is 2.09. The average molecular weight is 332 g/mol. The molecule has 0 fully saturated rings. The Morgan fingerprint density at radius 3 is 2.69 bits per heavy atom. The monoisotopic (exact) mass is 332 g/mol. The van der Waals surface area contributed by atoms with Gasteiger partial charge in [-0.2, -0.15) is 0 Å². The van der Waals surface area contributed by atoms with Crippen LogP contribution in [0.1, 0.15) is 0 Å². The lowest BCUT2D eigenvalue weighted by Crippen LogP contribution is -2.00. The van der Waals surface area contributed by atoms with Crippen LogP contribution < -0.4 is 5.32 Å². The van der Waals surface area contributed by atoms with Gasteiger partial charge in [-0.15, -0.1) is 10.2 Å². The standard InChI is InChI=1S/C10H10FIN4/c1-13-10-15-14-9(16(10)2)7-4-3-6(11)5-8(7)12/h3-5H,1-2H3,(H,13,15). The van der Waals surface area contributed by atoms with Gasteiger partial charge < -0.3 is 5.32 Å². The first-order valence-electron chi connectivity index (χ1n) is 4.66. The zero-order valence-corrected chi connectivity index (χ0v) is 11.0. The van der Waals surface area contributed by atoms with E-state index in [0.29, 0.717) is 11.8 Å². The summed E-state index contributed by atoms with van der Waals surface area (Å²) in [5, 5.41) is 11.0. The minimum absolute atomic E-state index is 0.246. The summed E-state index contributed by atoms with van der Waals surface area (Å²) in [6.07, 6.45) is 0. The van der Waals surface area contributed by atoms with Crippen LogP contribution in [-0.2, 0) is 7.05 Å². The van der Waals surface area contributed by atoms with Crippen molar-refractivity contribution in [2.75, 3.05) is 12.4 Å². The number of rotatable bonds is 2. The van der Waals surface area contributed by atoms with Crippen molar-refractivity contribution in [1.82, 2.24) is 14.8 Å². The number of anilines is 1. The maximum atomic E-state index is 13.0. The highest BCUT2D eigenvalue weighted by Gasteiger charge is 2.12. The van der Waals surface area contributed by atoms with Gasteiger partial charge in [-0.3, -0.25) is 4.57 Å². The summed E-state index contributed by atoms with van der Waals surface area (Å²) in [5.41, 5.74) is 0.874. The number of halogens is 2. The molecule has 0 bridgehead atoms. The van der Waals surface area contributed by atoms with E-state index in [2.05, 4.69) is 38.1 Å². The van der Waals surface area contributed by atoms with Gasteiger partial charge >= 0.3 is 0 Å².